The quantitative estimate of drug-likeness (QED) is 0.0261. The topological polar surface area (TPSA) is 386 Å². The number of hydrogen-bond acceptors (Lipinski definition) is 12. The Kier molecular flexibility index (Phi) is 22.3. The van der Waals surface area contributed by atoms with Crippen LogP contribution in [0.5, 0.6) is 0 Å². The molecule has 3 aromatic carbocycles. The number of carbonyl (C=O) groups excluding carboxylic acids is 6. The molecule has 4 aromatic rings. The lowest BCUT2D eigenvalue weighted by Crippen LogP contribution is -2.52. The third-order valence-electron chi connectivity index (χ3n) is 11.2. The maximum atomic E-state index is 13.6. The van der Waals surface area contributed by atoms with E-state index in [4.69, 9.17) is 10.2 Å². The molecule has 0 radical (unpaired) electrons. The number of amides is 7. The minimum atomic E-state index is -1.63. The number of carboxylic acids is 5. The molecule has 394 valence electrons. The molecule has 0 bridgehead atoms. The Hall–Kier alpha value is -9.03. The van der Waals surface area contributed by atoms with Crippen LogP contribution in [-0.4, -0.2) is 133 Å². The maximum Gasteiger partial charge on any atom is 0.326 e. The van der Waals surface area contributed by atoms with E-state index in [-0.39, 0.29) is 56.3 Å². The molecule has 0 spiro atoms. The first-order chi connectivity index (χ1) is 35.2. The van der Waals surface area contributed by atoms with Crippen molar-refractivity contribution in [1.29, 1.82) is 0 Å². The molecule has 0 aliphatic heterocycles. The molecular formula is C49H55FN8O16. The van der Waals surface area contributed by atoms with E-state index < -0.39 is 134 Å². The van der Waals surface area contributed by atoms with Gasteiger partial charge in [-0.1, -0.05) is 54.6 Å². The van der Waals surface area contributed by atoms with Crippen molar-refractivity contribution >= 4 is 76.2 Å². The van der Waals surface area contributed by atoms with E-state index in [0.29, 0.717) is 5.56 Å². The lowest BCUT2D eigenvalue weighted by atomic mass is 10.0. The Morgan fingerprint density at radius 1 is 0.500 bits per heavy atom. The molecule has 74 heavy (non-hydrogen) atoms. The largest absolute Gasteiger partial charge is 0.481 e. The van der Waals surface area contributed by atoms with Crippen LogP contribution in [-0.2, 0) is 51.3 Å². The lowest BCUT2D eigenvalue weighted by molar-refractivity contribution is -0.143. The van der Waals surface area contributed by atoms with Gasteiger partial charge in [0.25, 0.3) is 11.8 Å². The van der Waals surface area contributed by atoms with Gasteiger partial charge in [-0.25, -0.2) is 24.2 Å². The average Bonchev–Trinajstić information content (AvgIpc) is 3.36. The van der Waals surface area contributed by atoms with Crippen molar-refractivity contribution in [2.75, 3.05) is 6.54 Å². The minimum Gasteiger partial charge on any atom is -0.481 e. The zero-order valence-electron chi connectivity index (χ0n) is 39.5. The number of nitrogens with one attached hydrogen (secondary N) is 7. The molecule has 0 fully saturated rings. The fraction of sp³-hybridized carbons (Fsp3) is 0.347. The Morgan fingerprint density at radius 2 is 1.04 bits per heavy atom. The molecule has 25 heteroatoms. The Bertz CT molecular complexity index is 2690. The molecule has 1 heterocycles. The number of benzene rings is 3. The predicted molar refractivity (Wildman–Crippen MR) is 257 cm³/mol. The summed E-state index contributed by atoms with van der Waals surface area (Å²) in [7, 11) is 0. The zero-order valence-corrected chi connectivity index (χ0v) is 39.5. The molecule has 0 saturated heterocycles. The molecule has 12 N–H and O–H groups in total. The van der Waals surface area contributed by atoms with Crippen LogP contribution in [0.2, 0.25) is 0 Å². The summed E-state index contributed by atoms with van der Waals surface area (Å²) in [6.45, 7) is -0.0215. The first kappa shape index (κ1) is 57.5. The van der Waals surface area contributed by atoms with Gasteiger partial charge in [-0.3, -0.25) is 33.6 Å². The number of halogens is 1. The highest BCUT2D eigenvalue weighted by atomic mass is 18.2. The number of carbonyl (C=O) groups is 11. The molecule has 0 aliphatic carbocycles. The monoisotopic (exact) mass is 1030 g/mol. The van der Waals surface area contributed by atoms with Gasteiger partial charge in [0.15, 0.2) is 0 Å². The summed E-state index contributed by atoms with van der Waals surface area (Å²) in [5, 5.41) is 65.4. The number of rotatable bonds is 30. The lowest BCUT2D eigenvalue weighted by Gasteiger charge is -2.21. The normalized spacial score (nSPS) is 12.8. The van der Waals surface area contributed by atoms with Gasteiger partial charge in [-0.15, -0.1) is 0 Å². The van der Waals surface area contributed by atoms with Crippen molar-refractivity contribution in [2.45, 2.75) is 101 Å². The van der Waals surface area contributed by atoms with Crippen LogP contribution in [0.3, 0.4) is 0 Å². The average molecular weight is 1030 g/mol. The fourth-order valence-corrected chi connectivity index (χ4v) is 7.16. The number of aromatic nitrogens is 1. The number of pyridine rings is 1. The predicted octanol–water partition coefficient (Wildman–Crippen LogP) is 1.70. The number of fused-ring (bicyclic) bond motifs is 1. The van der Waals surface area contributed by atoms with Gasteiger partial charge in [0.2, 0.25) is 23.7 Å². The van der Waals surface area contributed by atoms with E-state index in [2.05, 4.69) is 42.2 Å². The number of aliphatic carboxylic acids is 5. The first-order valence-electron chi connectivity index (χ1n) is 23.0. The van der Waals surface area contributed by atoms with Crippen LogP contribution >= 0.6 is 0 Å². The van der Waals surface area contributed by atoms with Gasteiger partial charge in [0.05, 0.1) is 5.56 Å². The number of unbranched alkanes of at least 4 members (excludes halogenated alkanes) is 1. The summed E-state index contributed by atoms with van der Waals surface area (Å²) >= 11 is 0. The van der Waals surface area contributed by atoms with E-state index in [1.807, 2.05) is 42.5 Å². The zero-order chi connectivity index (χ0) is 54.3. The highest BCUT2D eigenvalue weighted by Crippen LogP contribution is 2.18. The van der Waals surface area contributed by atoms with Gasteiger partial charge in [-0.2, -0.15) is 4.39 Å². The molecule has 1 aromatic heterocycles. The Labute approximate surface area is 420 Å². The first-order valence-corrected chi connectivity index (χ1v) is 23.0. The van der Waals surface area contributed by atoms with E-state index >= 15 is 0 Å². The standard InChI is InChI=1S/C49H55FN8O16/c50-38-18-14-32(26-52-38)43(65)54-33(16-20-40(60)61)45(67)55-35(47(70)71)15-19-39(59)53-25-27-8-12-30(13-9-27)42(64)56-37(24-28-10-11-29-5-1-2-6-31(29)23-28)44(66)51-22-4-3-7-34(46(68)69)57-49(74)58-36(48(72)73)17-21-41(62)63/h1-2,5-6,8-14,18,23,26,33-37H,3-4,7,15-17,19-22,24-25H2,(H,51,66)(H,53,59)(H,54,65)(H,55,67)(H,56,64)(H,60,61)(H,62,63)(H,68,69)(H,70,71)(H,72,73)(H2,57,58,74)/i50-1. The molecule has 7 amide bonds. The van der Waals surface area contributed by atoms with Crippen molar-refractivity contribution in [3.63, 3.8) is 0 Å². The highest BCUT2D eigenvalue weighted by molar-refractivity contribution is 5.99. The van der Waals surface area contributed by atoms with Crippen molar-refractivity contribution in [3.8, 4) is 0 Å². The summed E-state index contributed by atoms with van der Waals surface area (Å²) in [5.41, 5.74) is 1.25. The smallest absolute Gasteiger partial charge is 0.326 e. The maximum absolute atomic E-state index is 13.6. The fourth-order valence-electron chi connectivity index (χ4n) is 7.16. The molecule has 0 saturated carbocycles. The van der Waals surface area contributed by atoms with Gasteiger partial charge in [0.1, 0.15) is 30.2 Å². The third kappa shape index (κ3) is 19.6. The van der Waals surface area contributed by atoms with Crippen LogP contribution < -0.4 is 37.2 Å². The van der Waals surface area contributed by atoms with Gasteiger partial charge in [-0.05, 0) is 84.7 Å². The van der Waals surface area contributed by atoms with Crippen molar-refractivity contribution in [1.82, 2.24) is 42.2 Å². The second kappa shape index (κ2) is 28.7. The van der Waals surface area contributed by atoms with Gasteiger partial charge in [0, 0.05) is 50.5 Å². The summed E-state index contributed by atoms with van der Waals surface area (Å²) in [4.78, 5) is 139. The number of urea groups is 1. The van der Waals surface area contributed by atoms with Gasteiger partial charge < -0.3 is 62.8 Å². The van der Waals surface area contributed by atoms with Gasteiger partial charge >= 0.3 is 35.9 Å². The Balaban J connectivity index is 1.31. The van der Waals surface area contributed by atoms with E-state index in [9.17, 15) is 72.4 Å². The molecule has 5 atom stereocenters. The number of nitrogens with zero attached hydrogens (tertiary/aromatic N) is 1. The summed E-state index contributed by atoms with van der Waals surface area (Å²) < 4.78 is 13.2. The van der Waals surface area contributed by atoms with Crippen molar-refractivity contribution in [3.05, 3.63) is 113 Å². The number of hydrogen-bond donors (Lipinski definition) is 12. The van der Waals surface area contributed by atoms with Crippen molar-refractivity contribution < 1.29 is 82.7 Å². The highest BCUT2D eigenvalue weighted by Gasteiger charge is 2.29. The van der Waals surface area contributed by atoms with Crippen LogP contribution in [0, 0.1) is 5.95 Å². The van der Waals surface area contributed by atoms with E-state index in [1.54, 1.807) is 0 Å². The molecule has 4 rings (SSSR count). The van der Waals surface area contributed by atoms with Crippen LogP contribution in [0.1, 0.15) is 89.6 Å². The minimum absolute atomic E-state index is 0.0384. The van der Waals surface area contributed by atoms with Crippen LogP contribution in [0.4, 0.5) is 9.18 Å². The SMILES string of the molecule is O=C(O)CCC(NC(=O)NC(CCCCNC(=O)C(Cc1ccc2ccccc2c1)NC(=O)c1ccc(CNC(=O)CCC(NC(=O)C(CCC(=O)O)NC(=O)c2ccc([18F])nc2)C(=O)O)cc1)C(=O)O)C(=O)O. The third-order valence-corrected chi connectivity index (χ3v) is 11.2. The van der Waals surface area contributed by atoms with Crippen molar-refractivity contribution in [2.24, 2.45) is 0 Å². The Morgan fingerprint density at radius 3 is 1.65 bits per heavy atom. The van der Waals surface area contributed by atoms with E-state index in [0.717, 1.165) is 34.7 Å². The second-order valence-corrected chi connectivity index (χ2v) is 16.8. The summed E-state index contributed by atoms with van der Waals surface area (Å²) in [6, 6.07) is 12.7. The molecule has 0 aliphatic rings. The van der Waals surface area contributed by atoms with E-state index in [1.165, 1.54) is 24.3 Å². The second-order valence-electron chi connectivity index (χ2n) is 16.8. The summed E-state index contributed by atoms with van der Waals surface area (Å²) in [5.74, 6) is -11.6. The van der Waals surface area contributed by atoms with Crippen LogP contribution in [0.25, 0.3) is 10.8 Å². The number of carboxylic acid groups (broad SMARTS) is 5. The molecule has 24 nitrogen and oxygen atoms in total. The van der Waals surface area contributed by atoms with Crippen LogP contribution in [0.15, 0.2) is 85.1 Å². The molecular weight excluding hydrogens is 975 g/mol. The summed E-state index contributed by atoms with van der Waals surface area (Å²) in [6.07, 6.45) is -1.52. The molecule has 5 unspecified atom stereocenters.